The highest BCUT2D eigenvalue weighted by Gasteiger charge is 2.32. The van der Waals surface area contributed by atoms with Gasteiger partial charge < -0.3 is 15.1 Å². The number of carboxylic acids is 1. The van der Waals surface area contributed by atoms with Crippen LogP contribution in [0.1, 0.15) is 47.9 Å². The van der Waals surface area contributed by atoms with Crippen LogP contribution in [0.25, 0.3) is 0 Å². The molecule has 6 heteroatoms. The summed E-state index contributed by atoms with van der Waals surface area (Å²) in [5.41, 5.74) is 2.29. The van der Waals surface area contributed by atoms with Crippen molar-refractivity contribution in [2.75, 3.05) is 19.7 Å². The van der Waals surface area contributed by atoms with Crippen LogP contribution in [0.5, 0.6) is 0 Å². The van der Waals surface area contributed by atoms with Gasteiger partial charge in [-0.2, -0.15) is 5.10 Å². The number of aliphatic hydroxyl groups excluding tert-OH is 1. The topological polar surface area (TPSA) is 78.6 Å². The number of piperidine rings is 1. The predicted molar refractivity (Wildman–Crippen MR) is 82.1 cm³/mol. The number of hydrogen-bond donors (Lipinski definition) is 2. The van der Waals surface area contributed by atoms with Crippen molar-refractivity contribution in [3.05, 3.63) is 17.0 Å². The molecule has 0 bridgehead atoms. The van der Waals surface area contributed by atoms with Crippen molar-refractivity contribution in [3.63, 3.8) is 0 Å². The lowest BCUT2D eigenvalue weighted by atomic mass is 9.88. The first-order valence-corrected chi connectivity index (χ1v) is 8.30. The minimum atomic E-state index is -0.914. The first kappa shape index (κ1) is 15.5. The summed E-state index contributed by atoms with van der Waals surface area (Å²) in [6, 6.07) is 0.416. The molecule has 122 valence electrons. The zero-order valence-electron chi connectivity index (χ0n) is 13.2. The van der Waals surface area contributed by atoms with Gasteiger partial charge in [-0.1, -0.05) is 0 Å². The molecule has 2 heterocycles. The molecular weight excluding hydrogens is 282 g/mol. The minimum Gasteiger partial charge on any atom is -0.476 e. The molecule has 1 aliphatic heterocycles. The summed E-state index contributed by atoms with van der Waals surface area (Å²) in [6.07, 6.45) is 4.86. The smallest absolute Gasteiger partial charge is 0.356 e. The van der Waals surface area contributed by atoms with Gasteiger partial charge in [-0.25, -0.2) is 4.79 Å². The standard InChI is InChI=1S/C16H25N3O3/c1-2-19-14-4-3-12(9-13(14)15(17-19)16(21)22)18-7-5-11(10-20)6-8-18/h11-12,20H,2-10H2,1H3,(H,21,22). The van der Waals surface area contributed by atoms with Crippen LogP contribution >= 0.6 is 0 Å². The number of hydrogen-bond acceptors (Lipinski definition) is 4. The van der Waals surface area contributed by atoms with Crippen LogP contribution in [0.4, 0.5) is 0 Å². The number of nitrogens with zero attached hydrogens (tertiary/aromatic N) is 3. The summed E-state index contributed by atoms with van der Waals surface area (Å²) in [4.78, 5) is 13.9. The van der Waals surface area contributed by atoms with E-state index in [9.17, 15) is 15.0 Å². The van der Waals surface area contributed by atoms with Crippen molar-refractivity contribution in [1.82, 2.24) is 14.7 Å². The summed E-state index contributed by atoms with van der Waals surface area (Å²) in [5.74, 6) is -0.476. The van der Waals surface area contributed by atoms with Gasteiger partial charge in [-0.05, 0) is 58.0 Å². The Kier molecular flexibility index (Phi) is 4.49. The maximum absolute atomic E-state index is 11.4. The molecule has 0 saturated carbocycles. The molecule has 1 aromatic heterocycles. The second-order valence-electron chi connectivity index (χ2n) is 6.45. The van der Waals surface area contributed by atoms with Crippen molar-refractivity contribution in [2.24, 2.45) is 5.92 Å². The lowest BCUT2D eigenvalue weighted by Gasteiger charge is -2.39. The molecule has 22 heavy (non-hydrogen) atoms. The third-order valence-corrected chi connectivity index (χ3v) is 5.25. The molecule has 2 aliphatic rings. The fourth-order valence-electron chi connectivity index (χ4n) is 3.92. The van der Waals surface area contributed by atoms with Crippen molar-refractivity contribution < 1.29 is 15.0 Å². The summed E-state index contributed by atoms with van der Waals surface area (Å²) in [7, 11) is 0. The molecule has 1 fully saturated rings. The van der Waals surface area contributed by atoms with E-state index in [0.29, 0.717) is 12.0 Å². The highest BCUT2D eigenvalue weighted by atomic mass is 16.4. The second kappa shape index (κ2) is 6.38. The Balaban J connectivity index is 1.76. The average molecular weight is 307 g/mol. The van der Waals surface area contributed by atoms with Crippen LogP contribution < -0.4 is 0 Å². The number of aliphatic hydroxyl groups is 1. The van der Waals surface area contributed by atoms with Gasteiger partial charge in [0, 0.05) is 30.5 Å². The van der Waals surface area contributed by atoms with Gasteiger partial charge in [0.1, 0.15) is 0 Å². The molecule has 0 aromatic carbocycles. The van der Waals surface area contributed by atoms with E-state index >= 15 is 0 Å². The van der Waals surface area contributed by atoms with E-state index in [0.717, 1.165) is 63.0 Å². The quantitative estimate of drug-likeness (QED) is 0.873. The van der Waals surface area contributed by atoms with Crippen LogP contribution in [0.15, 0.2) is 0 Å². The largest absolute Gasteiger partial charge is 0.476 e. The van der Waals surface area contributed by atoms with Crippen LogP contribution in [0.2, 0.25) is 0 Å². The van der Waals surface area contributed by atoms with Gasteiger partial charge in [0.25, 0.3) is 0 Å². The van der Waals surface area contributed by atoms with Gasteiger partial charge in [-0.15, -0.1) is 0 Å². The number of aromatic nitrogens is 2. The van der Waals surface area contributed by atoms with Gasteiger partial charge in [0.05, 0.1) is 0 Å². The van der Waals surface area contributed by atoms with Crippen molar-refractivity contribution in [1.29, 1.82) is 0 Å². The number of aromatic carboxylic acids is 1. The van der Waals surface area contributed by atoms with E-state index in [1.54, 1.807) is 0 Å². The van der Waals surface area contributed by atoms with Gasteiger partial charge in [0.2, 0.25) is 0 Å². The monoisotopic (exact) mass is 307 g/mol. The normalized spacial score (nSPS) is 23.5. The number of carbonyl (C=O) groups is 1. The first-order valence-electron chi connectivity index (χ1n) is 8.30. The molecule has 6 nitrogen and oxygen atoms in total. The van der Waals surface area contributed by atoms with Gasteiger partial charge >= 0.3 is 5.97 Å². The highest BCUT2D eigenvalue weighted by Crippen LogP contribution is 2.30. The minimum absolute atomic E-state index is 0.242. The molecule has 1 aliphatic carbocycles. The summed E-state index contributed by atoms with van der Waals surface area (Å²) >= 11 is 0. The molecule has 1 aromatic rings. The number of rotatable bonds is 4. The van der Waals surface area contributed by atoms with Crippen molar-refractivity contribution in [3.8, 4) is 0 Å². The zero-order valence-corrected chi connectivity index (χ0v) is 13.2. The van der Waals surface area contributed by atoms with Crippen LogP contribution in [0, 0.1) is 5.92 Å². The lowest BCUT2D eigenvalue weighted by Crippen LogP contribution is -2.44. The summed E-state index contributed by atoms with van der Waals surface area (Å²) in [6.45, 7) is 5.03. The molecule has 1 unspecified atom stereocenters. The summed E-state index contributed by atoms with van der Waals surface area (Å²) < 4.78 is 1.85. The van der Waals surface area contributed by atoms with Crippen molar-refractivity contribution >= 4 is 5.97 Å². The predicted octanol–water partition coefficient (Wildman–Crippen LogP) is 1.16. The summed E-state index contributed by atoms with van der Waals surface area (Å²) in [5, 5.41) is 22.9. The Bertz CT molecular complexity index is 547. The molecule has 2 N–H and O–H groups in total. The van der Waals surface area contributed by atoms with Crippen LogP contribution in [-0.4, -0.2) is 56.6 Å². The maximum atomic E-state index is 11.4. The SMILES string of the molecule is CCn1nc(C(=O)O)c2c1CCC(N1CCC(CO)CC1)C2. The number of carboxylic acid groups (broad SMARTS) is 1. The van der Waals surface area contributed by atoms with E-state index in [1.807, 2.05) is 11.6 Å². The average Bonchev–Trinajstić information content (AvgIpc) is 2.93. The zero-order chi connectivity index (χ0) is 15.7. The number of fused-ring (bicyclic) bond motifs is 1. The van der Waals surface area contributed by atoms with E-state index < -0.39 is 5.97 Å². The fraction of sp³-hybridized carbons (Fsp3) is 0.750. The van der Waals surface area contributed by atoms with E-state index in [4.69, 9.17) is 0 Å². The van der Waals surface area contributed by atoms with Crippen LogP contribution in [0.3, 0.4) is 0 Å². The highest BCUT2D eigenvalue weighted by molar-refractivity contribution is 5.87. The van der Waals surface area contributed by atoms with Gasteiger partial charge in [0.15, 0.2) is 5.69 Å². The molecular formula is C16H25N3O3. The van der Waals surface area contributed by atoms with Gasteiger partial charge in [-0.3, -0.25) is 4.68 Å². The molecule has 1 saturated heterocycles. The molecule has 0 spiro atoms. The maximum Gasteiger partial charge on any atom is 0.356 e. The Morgan fingerprint density at radius 3 is 2.64 bits per heavy atom. The first-order chi connectivity index (χ1) is 10.6. The lowest BCUT2D eigenvalue weighted by molar-refractivity contribution is 0.0685. The van der Waals surface area contributed by atoms with Crippen molar-refractivity contribution in [2.45, 2.75) is 51.6 Å². The number of likely N-dealkylation sites (tertiary alicyclic amines) is 1. The number of aryl methyl sites for hydroxylation is 1. The third kappa shape index (κ3) is 2.77. The Hall–Kier alpha value is -1.40. The molecule has 3 rings (SSSR count). The Morgan fingerprint density at radius 1 is 1.32 bits per heavy atom. The second-order valence-corrected chi connectivity index (χ2v) is 6.45. The fourth-order valence-corrected chi connectivity index (χ4v) is 3.92. The Labute approximate surface area is 130 Å². The molecule has 1 atom stereocenters. The Morgan fingerprint density at radius 2 is 2.05 bits per heavy atom. The van der Waals surface area contributed by atoms with E-state index in [1.165, 1.54) is 0 Å². The third-order valence-electron chi connectivity index (χ3n) is 5.25. The van der Waals surface area contributed by atoms with E-state index in [2.05, 4.69) is 10.00 Å². The molecule has 0 amide bonds. The molecule has 0 radical (unpaired) electrons. The van der Waals surface area contributed by atoms with Crippen LogP contribution in [-0.2, 0) is 19.4 Å². The van der Waals surface area contributed by atoms with E-state index in [-0.39, 0.29) is 12.3 Å².